The van der Waals surface area contributed by atoms with E-state index in [1.165, 1.54) is 0 Å². The van der Waals surface area contributed by atoms with Gasteiger partial charge in [0.25, 0.3) is 5.91 Å². The van der Waals surface area contributed by atoms with Gasteiger partial charge in [0, 0.05) is 28.1 Å². The summed E-state index contributed by atoms with van der Waals surface area (Å²) in [5.74, 6) is 1.35. The molecule has 1 heterocycles. The fourth-order valence-corrected chi connectivity index (χ4v) is 4.37. The average molecular weight is 450 g/mol. The summed E-state index contributed by atoms with van der Waals surface area (Å²) in [5, 5.41) is 3.89. The van der Waals surface area contributed by atoms with Gasteiger partial charge in [-0.2, -0.15) is 0 Å². The highest BCUT2D eigenvalue weighted by molar-refractivity contribution is 6.31. The Morgan fingerprint density at radius 2 is 1.81 bits per heavy atom. The number of ether oxygens (including phenoxy) is 2. The Labute approximate surface area is 194 Å². The number of nitrogens with one attached hydrogen (secondary N) is 1. The number of halogens is 1. The number of carbonyl (C=O) groups is 1. The third-order valence-electron chi connectivity index (χ3n) is 6.24. The van der Waals surface area contributed by atoms with Crippen molar-refractivity contribution in [2.45, 2.75) is 51.4 Å². The van der Waals surface area contributed by atoms with Crippen LogP contribution in [0.5, 0.6) is 11.5 Å². The van der Waals surface area contributed by atoms with Crippen molar-refractivity contribution in [2.75, 3.05) is 0 Å². The molecule has 1 amide bonds. The summed E-state index contributed by atoms with van der Waals surface area (Å²) in [6.07, 6.45) is 2.51. The Morgan fingerprint density at radius 3 is 2.59 bits per heavy atom. The Bertz CT molecular complexity index is 1090. The highest BCUT2D eigenvalue weighted by atomic mass is 35.5. The molecule has 3 aromatic rings. The van der Waals surface area contributed by atoms with Crippen LogP contribution in [0.4, 0.5) is 0 Å². The van der Waals surface area contributed by atoms with Gasteiger partial charge in [-0.15, -0.1) is 0 Å². The van der Waals surface area contributed by atoms with Crippen molar-refractivity contribution in [3.63, 3.8) is 0 Å². The van der Waals surface area contributed by atoms with Crippen LogP contribution in [0.2, 0.25) is 5.02 Å². The minimum atomic E-state index is -0.272. The summed E-state index contributed by atoms with van der Waals surface area (Å²) < 4.78 is 12.2. The number of amides is 1. The molecule has 1 atom stereocenters. The van der Waals surface area contributed by atoms with E-state index in [0.29, 0.717) is 22.9 Å². The molecule has 166 valence electrons. The van der Waals surface area contributed by atoms with Gasteiger partial charge in [-0.25, -0.2) is 0 Å². The first-order chi connectivity index (χ1) is 15.5. The minimum Gasteiger partial charge on any atom is -0.489 e. The number of fused-ring (bicyclic) bond motifs is 1. The third kappa shape index (κ3) is 4.76. The van der Waals surface area contributed by atoms with Gasteiger partial charge in [0.1, 0.15) is 23.7 Å². The van der Waals surface area contributed by atoms with Crippen LogP contribution in [0.15, 0.2) is 72.8 Å². The van der Waals surface area contributed by atoms with E-state index < -0.39 is 0 Å². The van der Waals surface area contributed by atoms with E-state index in [2.05, 4.69) is 19.2 Å². The second-order valence-electron chi connectivity index (χ2n) is 8.17. The summed E-state index contributed by atoms with van der Waals surface area (Å²) in [4.78, 5) is 13.2. The van der Waals surface area contributed by atoms with E-state index in [1.807, 2.05) is 60.7 Å². The monoisotopic (exact) mass is 449 g/mol. The molecule has 0 unspecified atom stereocenters. The van der Waals surface area contributed by atoms with E-state index in [1.54, 1.807) is 12.1 Å². The van der Waals surface area contributed by atoms with Crippen LogP contribution < -0.4 is 14.8 Å². The molecular formula is C27H28ClNO3. The fourth-order valence-electron chi connectivity index (χ4n) is 4.18. The standard InChI is InChI=1S/C27H28ClNO3/c1-3-27(4-2)17-24(22-13-6-8-15-25(22)32-27)29-26(30)19-11-9-12-21(16-19)31-18-20-10-5-7-14-23(20)28/h5-16,24H,3-4,17-18H2,1-2H3,(H,29,30)/t24-/m0/s1. The maximum absolute atomic E-state index is 13.2. The second-order valence-corrected chi connectivity index (χ2v) is 8.58. The van der Waals surface area contributed by atoms with E-state index in [0.717, 1.165) is 36.1 Å². The smallest absolute Gasteiger partial charge is 0.251 e. The number of carbonyl (C=O) groups excluding carboxylic acids is 1. The molecule has 1 aliphatic rings. The largest absolute Gasteiger partial charge is 0.489 e. The molecule has 0 aromatic heterocycles. The normalized spacial score (nSPS) is 16.5. The maximum Gasteiger partial charge on any atom is 0.251 e. The van der Waals surface area contributed by atoms with Crippen LogP contribution in [0, 0.1) is 0 Å². The molecule has 1 aliphatic heterocycles. The van der Waals surface area contributed by atoms with Gasteiger partial charge in [0.15, 0.2) is 0 Å². The number of rotatable bonds is 7. The summed E-state index contributed by atoms with van der Waals surface area (Å²) in [6, 6.07) is 22.7. The first kappa shape index (κ1) is 22.2. The topological polar surface area (TPSA) is 47.6 Å². The Balaban J connectivity index is 1.50. The molecule has 0 saturated carbocycles. The molecule has 4 rings (SSSR count). The quantitative estimate of drug-likeness (QED) is 0.435. The molecule has 32 heavy (non-hydrogen) atoms. The Morgan fingerprint density at radius 1 is 1.06 bits per heavy atom. The van der Waals surface area contributed by atoms with E-state index in [-0.39, 0.29) is 17.6 Å². The number of benzene rings is 3. The lowest BCUT2D eigenvalue weighted by molar-refractivity contribution is 0.0227. The molecule has 0 bridgehead atoms. The summed E-state index contributed by atoms with van der Waals surface area (Å²) >= 11 is 6.21. The summed E-state index contributed by atoms with van der Waals surface area (Å²) in [5.41, 5.74) is 2.21. The van der Waals surface area contributed by atoms with Crippen LogP contribution in [0.3, 0.4) is 0 Å². The highest BCUT2D eigenvalue weighted by Gasteiger charge is 2.39. The van der Waals surface area contributed by atoms with Crippen molar-refractivity contribution in [1.82, 2.24) is 5.32 Å². The highest BCUT2D eigenvalue weighted by Crippen LogP contribution is 2.42. The lowest BCUT2D eigenvalue weighted by Gasteiger charge is -2.41. The van der Waals surface area contributed by atoms with Gasteiger partial charge >= 0.3 is 0 Å². The van der Waals surface area contributed by atoms with E-state index in [9.17, 15) is 4.79 Å². The first-order valence-corrected chi connectivity index (χ1v) is 11.5. The van der Waals surface area contributed by atoms with Crippen LogP contribution in [0.1, 0.15) is 60.6 Å². The number of para-hydroxylation sites is 1. The lowest BCUT2D eigenvalue weighted by atomic mass is 9.83. The molecule has 0 spiro atoms. The van der Waals surface area contributed by atoms with Gasteiger partial charge in [0.05, 0.1) is 6.04 Å². The number of hydrogen-bond acceptors (Lipinski definition) is 3. The minimum absolute atomic E-state index is 0.111. The van der Waals surface area contributed by atoms with Crippen LogP contribution in [-0.2, 0) is 6.61 Å². The van der Waals surface area contributed by atoms with Crippen molar-refractivity contribution < 1.29 is 14.3 Å². The van der Waals surface area contributed by atoms with Crippen LogP contribution in [-0.4, -0.2) is 11.5 Å². The molecule has 3 aromatic carbocycles. The molecule has 0 fully saturated rings. The zero-order valence-corrected chi connectivity index (χ0v) is 19.2. The Kier molecular flexibility index (Phi) is 6.71. The summed E-state index contributed by atoms with van der Waals surface area (Å²) in [7, 11) is 0. The van der Waals surface area contributed by atoms with Crippen molar-refractivity contribution >= 4 is 17.5 Å². The molecule has 1 N–H and O–H groups in total. The zero-order chi connectivity index (χ0) is 22.6. The first-order valence-electron chi connectivity index (χ1n) is 11.1. The Hall–Kier alpha value is -2.98. The summed E-state index contributed by atoms with van der Waals surface area (Å²) in [6.45, 7) is 4.61. The average Bonchev–Trinajstić information content (AvgIpc) is 2.83. The molecule has 0 radical (unpaired) electrons. The van der Waals surface area contributed by atoms with Gasteiger partial charge in [0.2, 0.25) is 0 Å². The van der Waals surface area contributed by atoms with Crippen molar-refractivity contribution in [2.24, 2.45) is 0 Å². The molecule has 0 saturated heterocycles. The SMILES string of the molecule is CCC1(CC)C[C@H](NC(=O)c2cccc(OCc3ccccc3Cl)c2)c2ccccc2O1. The zero-order valence-electron chi connectivity index (χ0n) is 18.4. The van der Waals surface area contributed by atoms with Gasteiger partial charge in [-0.3, -0.25) is 4.79 Å². The van der Waals surface area contributed by atoms with Gasteiger partial charge in [-0.1, -0.05) is 67.9 Å². The molecule has 0 aliphatic carbocycles. The van der Waals surface area contributed by atoms with Gasteiger partial charge in [-0.05, 0) is 43.2 Å². The third-order valence-corrected chi connectivity index (χ3v) is 6.61. The second kappa shape index (κ2) is 9.66. The molecule has 4 nitrogen and oxygen atoms in total. The van der Waals surface area contributed by atoms with Crippen molar-refractivity contribution in [1.29, 1.82) is 0 Å². The van der Waals surface area contributed by atoms with Crippen molar-refractivity contribution in [3.05, 3.63) is 94.5 Å². The van der Waals surface area contributed by atoms with Crippen LogP contribution >= 0.6 is 11.6 Å². The van der Waals surface area contributed by atoms with E-state index in [4.69, 9.17) is 21.1 Å². The predicted molar refractivity (Wildman–Crippen MR) is 127 cm³/mol. The van der Waals surface area contributed by atoms with Gasteiger partial charge < -0.3 is 14.8 Å². The maximum atomic E-state index is 13.2. The van der Waals surface area contributed by atoms with Crippen molar-refractivity contribution in [3.8, 4) is 11.5 Å². The lowest BCUT2D eigenvalue weighted by Crippen LogP contribution is -2.44. The van der Waals surface area contributed by atoms with E-state index >= 15 is 0 Å². The predicted octanol–water partition coefficient (Wildman–Crippen LogP) is 6.73. The number of hydrogen-bond donors (Lipinski definition) is 1. The molecular weight excluding hydrogens is 422 g/mol. The fraction of sp³-hybridized carbons (Fsp3) is 0.296. The van der Waals surface area contributed by atoms with Crippen LogP contribution in [0.25, 0.3) is 0 Å². The molecule has 5 heteroatoms.